The molecular formula is C13H14FN3O2. The molecule has 3 rings (SSSR count). The largest absolute Gasteiger partial charge is 0.347 e. The maximum absolute atomic E-state index is 13.0. The van der Waals surface area contributed by atoms with Gasteiger partial charge in [-0.25, -0.2) is 4.39 Å². The summed E-state index contributed by atoms with van der Waals surface area (Å²) in [5, 5.41) is 2.76. The molecule has 0 bridgehead atoms. The van der Waals surface area contributed by atoms with E-state index in [1.807, 2.05) is 4.90 Å². The minimum Gasteiger partial charge on any atom is -0.347 e. The van der Waals surface area contributed by atoms with E-state index in [4.69, 9.17) is 0 Å². The van der Waals surface area contributed by atoms with E-state index in [0.29, 0.717) is 19.0 Å². The maximum atomic E-state index is 13.0. The van der Waals surface area contributed by atoms with E-state index in [2.05, 4.69) is 10.3 Å². The molecule has 0 unspecified atom stereocenters. The van der Waals surface area contributed by atoms with Gasteiger partial charge < -0.3 is 10.2 Å². The first-order chi connectivity index (χ1) is 9.13. The first-order valence-electron chi connectivity index (χ1n) is 6.34. The van der Waals surface area contributed by atoms with E-state index in [-0.39, 0.29) is 23.4 Å². The normalized spacial score (nSPS) is 22.7. The molecule has 1 atom stereocenters. The molecule has 2 fully saturated rings. The van der Waals surface area contributed by atoms with Gasteiger partial charge in [-0.1, -0.05) is 0 Å². The highest BCUT2D eigenvalue weighted by molar-refractivity contribution is 5.94. The second-order valence-corrected chi connectivity index (χ2v) is 5.04. The number of hydrogen-bond acceptors (Lipinski definition) is 3. The number of hydrogen-bond donors (Lipinski definition) is 1. The highest BCUT2D eigenvalue weighted by atomic mass is 19.1. The average molecular weight is 263 g/mol. The van der Waals surface area contributed by atoms with Crippen LogP contribution in [-0.4, -0.2) is 40.3 Å². The van der Waals surface area contributed by atoms with Crippen LogP contribution in [0.5, 0.6) is 0 Å². The SMILES string of the molecule is O=C(N[C@H]1CC(=O)N(C2CC2)C1)c1cncc(F)c1. The summed E-state index contributed by atoms with van der Waals surface area (Å²) in [4.78, 5) is 29.1. The van der Waals surface area contributed by atoms with Crippen molar-refractivity contribution in [3.8, 4) is 0 Å². The molecule has 0 spiro atoms. The zero-order valence-corrected chi connectivity index (χ0v) is 10.3. The van der Waals surface area contributed by atoms with Gasteiger partial charge in [-0.05, 0) is 18.9 Å². The Morgan fingerprint density at radius 3 is 2.89 bits per heavy atom. The van der Waals surface area contributed by atoms with E-state index >= 15 is 0 Å². The number of nitrogens with zero attached hydrogens (tertiary/aromatic N) is 2. The number of rotatable bonds is 3. The van der Waals surface area contributed by atoms with Gasteiger partial charge in [-0.2, -0.15) is 0 Å². The van der Waals surface area contributed by atoms with Gasteiger partial charge in [0.25, 0.3) is 5.91 Å². The minimum absolute atomic E-state index is 0.0881. The molecule has 100 valence electrons. The van der Waals surface area contributed by atoms with E-state index in [0.717, 1.165) is 25.1 Å². The molecule has 0 aromatic carbocycles. The lowest BCUT2D eigenvalue weighted by Crippen LogP contribution is -2.37. The van der Waals surface area contributed by atoms with Crippen molar-refractivity contribution in [2.75, 3.05) is 6.54 Å². The summed E-state index contributed by atoms with van der Waals surface area (Å²) in [6, 6.07) is 1.31. The van der Waals surface area contributed by atoms with Gasteiger partial charge in [0.1, 0.15) is 5.82 Å². The predicted molar refractivity (Wildman–Crippen MR) is 64.8 cm³/mol. The fraction of sp³-hybridized carbons (Fsp3) is 0.462. The van der Waals surface area contributed by atoms with Crippen LogP contribution in [0.4, 0.5) is 4.39 Å². The number of pyridine rings is 1. The quantitative estimate of drug-likeness (QED) is 0.873. The molecule has 1 saturated carbocycles. The molecule has 1 N–H and O–H groups in total. The fourth-order valence-corrected chi connectivity index (χ4v) is 2.37. The summed E-state index contributed by atoms with van der Waals surface area (Å²) < 4.78 is 13.0. The zero-order chi connectivity index (χ0) is 13.4. The third-order valence-corrected chi connectivity index (χ3v) is 3.45. The van der Waals surface area contributed by atoms with E-state index < -0.39 is 5.82 Å². The van der Waals surface area contributed by atoms with Crippen LogP contribution in [0.3, 0.4) is 0 Å². The Balaban J connectivity index is 1.62. The first-order valence-corrected chi connectivity index (χ1v) is 6.34. The number of amides is 2. The maximum Gasteiger partial charge on any atom is 0.253 e. The molecule has 0 radical (unpaired) electrons. The van der Waals surface area contributed by atoms with Crippen molar-refractivity contribution in [2.24, 2.45) is 0 Å². The van der Waals surface area contributed by atoms with Crippen molar-refractivity contribution in [1.29, 1.82) is 0 Å². The van der Waals surface area contributed by atoms with Crippen molar-refractivity contribution in [3.63, 3.8) is 0 Å². The van der Waals surface area contributed by atoms with Crippen LogP contribution in [0.1, 0.15) is 29.6 Å². The Hall–Kier alpha value is -1.98. The lowest BCUT2D eigenvalue weighted by Gasteiger charge is -2.16. The monoisotopic (exact) mass is 263 g/mol. The van der Waals surface area contributed by atoms with Crippen molar-refractivity contribution in [2.45, 2.75) is 31.3 Å². The molecule has 2 amide bonds. The summed E-state index contributed by atoms with van der Waals surface area (Å²) in [6.45, 7) is 0.554. The van der Waals surface area contributed by atoms with Crippen molar-refractivity contribution in [1.82, 2.24) is 15.2 Å². The summed E-state index contributed by atoms with van der Waals surface area (Å²) in [5.74, 6) is -0.845. The van der Waals surface area contributed by atoms with Crippen LogP contribution in [-0.2, 0) is 4.79 Å². The Bertz CT molecular complexity index is 530. The molecule has 6 heteroatoms. The van der Waals surface area contributed by atoms with Gasteiger partial charge in [0.05, 0.1) is 17.8 Å². The molecule has 1 aliphatic heterocycles. The number of likely N-dealkylation sites (tertiary alicyclic amines) is 1. The van der Waals surface area contributed by atoms with Gasteiger partial charge >= 0.3 is 0 Å². The van der Waals surface area contributed by atoms with Crippen LogP contribution < -0.4 is 5.32 Å². The minimum atomic E-state index is -0.547. The topological polar surface area (TPSA) is 62.3 Å². The summed E-state index contributed by atoms with van der Waals surface area (Å²) >= 11 is 0. The zero-order valence-electron chi connectivity index (χ0n) is 10.3. The van der Waals surface area contributed by atoms with E-state index in [1.54, 1.807) is 0 Å². The Morgan fingerprint density at radius 1 is 1.42 bits per heavy atom. The van der Waals surface area contributed by atoms with Gasteiger partial charge in [-0.3, -0.25) is 14.6 Å². The number of carbonyl (C=O) groups excluding carboxylic acids is 2. The molecule has 2 heterocycles. The van der Waals surface area contributed by atoms with Gasteiger partial charge in [-0.15, -0.1) is 0 Å². The smallest absolute Gasteiger partial charge is 0.253 e. The number of aromatic nitrogens is 1. The Morgan fingerprint density at radius 2 is 2.21 bits per heavy atom. The standard InChI is InChI=1S/C13H14FN3O2/c14-9-3-8(5-15-6-9)13(19)16-10-4-12(18)17(7-10)11-1-2-11/h3,5-6,10-11H,1-2,4,7H2,(H,16,19)/t10-/m0/s1. The number of halogens is 1. The second-order valence-electron chi connectivity index (χ2n) is 5.04. The first kappa shape index (κ1) is 12.1. The van der Waals surface area contributed by atoms with Crippen molar-refractivity contribution >= 4 is 11.8 Å². The van der Waals surface area contributed by atoms with Crippen LogP contribution in [0, 0.1) is 5.82 Å². The van der Waals surface area contributed by atoms with Crippen LogP contribution in [0.25, 0.3) is 0 Å². The molecule has 1 aliphatic carbocycles. The van der Waals surface area contributed by atoms with Crippen LogP contribution >= 0.6 is 0 Å². The molecule has 1 aromatic heterocycles. The average Bonchev–Trinajstić information content (AvgIpc) is 3.14. The highest BCUT2D eigenvalue weighted by Gasteiger charge is 2.39. The molecule has 1 aromatic rings. The number of carbonyl (C=O) groups is 2. The molecule has 1 saturated heterocycles. The highest BCUT2D eigenvalue weighted by Crippen LogP contribution is 2.30. The fourth-order valence-electron chi connectivity index (χ4n) is 2.37. The third-order valence-electron chi connectivity index (χ3n) is 3.45. The lowest BCUT2D eigenvalue weighted by molar-refractivity contribution is -0.128. The van der Waals surface area contributed by atoms with Crippen molar-refractivity contribution in [3.05, 3.63) is 29.8 Å². The third kappa shape index (κ3) is 2.57. The molecular weight excluding hydrogens is 249 g/mol. The van der Waals surface area contributed by atoms with Crippen molar-refractivity contribution < 1.29 is 14.0 Å². The number of nitrogens with one attached hydrogen (secondary N) is 1. The van der Waals surface area contributed by atoms with E-state index in [1.165, 1.54) is 6.20 Å². The van der Waals surface area contributed by atoms with Crippen LogP contribution in [0.15, 0.2) is 18.5 Å². The predicted octanol–water partition coefficient (Wildman–Crippen LogP) is 0.714. The summed E-state index contributed by atoms with van der Waals surface area (Å²) in [6.07, 6.45) is 4.80. The lowest BCUT2D eigenvalue weighted by atomic mass is 10.2. The van der Waals surface area contributed by atoms with E-state index in [9.17, 15) is 14.0 Å². The molecule has 5 nitrogen and oxygen atoms in total. The summed E-state index contributed by atoms with van der Waals surface area (Å²) in [7, 11) is 0. The van der Waals surface area contributed by atoms with Gasteiger partial charge in [0.2, 0.25) is 5.91 Å². The molecule has 19 heavy (non-hydrogen) atoms. The summed E-state index contributed by atoms with van der Waals surface area (Å²) in [5.41, 5.74) is 0.178. The van der Waals surface area contributed by atoms with Gasteiger partial charge in [0.15, 0.2) is 0 Å². The Kier molecular flexibility index (Phi) is 2.93. The van der Waals surface area contributed by atoms with Crippen LogP contribution in [0.2, 0.25) is 0 Å². The Labute approximate surface area is 109 Å². The van der Waals surface area contributed by atoms with Gasteiger partial charge in [0, 0.05) is 25.2 Å². The second kappa shape index (κ2) is 4.60. The molecule has 2 aliphatic rings.